The molecule has 64 heavy (non-hydrogen) atoms. The molecule has 1 amide bonds. The highest BCUT2D eigenvalue weighted by atomic mass is 32.2. The second-order valence-corrected chi connectivity index (χ2v) is 18.5. The average Bonchev–Trinajstić information content (AvgIpc) is 3.83. The van der Waals surface area contributed by atoms with Crippen LogP contribution < -0.4 is 11.1 Å². The molecule has 4 N–H and O–H groups in total. The van der Waals surface area contributed by atoms with E-state index in [1.807, 2.05) is 77.2 Å². The Balaban J connectivity index is 0.00000291. The second kappa shape index (κ2) is 23.7. The third-order valence-corrected chi connectivity index (χ3v) is 13.1. The molecule has 4 heterocycles. The number of aromatic nitrogens is 3. The minimum Gasteiger partial charge on any atom is -0.458 e. The third-order valence-electron chi connectivity index (χ3n) is 13.1. The molecule has 1 aromatic heterocycles. The quantitative estimate of drug-likeness (QED) is 0.0689. The molecule has 2 aromatic rings. The topological polar surface area (TPSA) is 193 Å². The zero-order valence-corrected chi connectivity index (χ0v) is 40.5. The number of esters is 1. The van der Waals surface area contributed by atoms with Gasteiger partial charge in [0.15, 0.2) is 17.7 Å². The van der Waals surface area contributed by atoms with Crippen molar-refractivity contribution in [1.82, 2.24) is 30.1 Å². The summed E-state index contributed by atoms with van der Waals surface area (Å²) < 4.78 is 43.9. The molecule has 2 unspecified atom stereocenters. The highest BCUT2D eigenvalue weighted by Gasteiger charge is 2.59. The summed E-state index contributed by atoms with van der Waals surface area (Å²) in [6.45, 7) is 18.5. The van der Waals surface area contributed by atoms with E-state index in [0.717, 1.165) is 11.3 Å². The van der Waals surface area contributed by atoms with E-state index < -0.39 is 71.5 Å². The lowest BCUT2D eigenvalue weighted by Gasteiger charge is -2.47. The molecular weight excluding hydrogens is 846 g/mol. The summed E-state index contributed by atoms with van der Waals surface area (Å²) in [4.78, 5) is 46.2. The van der Waals surface area contributed by atoms with Crippen LogP contribution in [-0.2, 0) is 39.8 Å². The maximum Gasteiger partial charge on any atom is 0.410 e. The number of anilines is 1. The number of unbranched alkanes of at least 4 members (excludes halogenated alkanes) is 1. The number of aliphatic hydroxyl groups is 1. The number of Topliss-reactive ketones (excluding diaryl/α,β-unsaturated/α-hetero) is 1. The lowest BCUT2D eigenvalue weighted by atomic mass is 9.75. The maximum absolute atomic E-state index is 14.6. The van der Waals surface area contributed by atoms with Crippen molar-refractivity contribution in [2.24, 2.45) is 17.8 Å². The number of rotatable bonds is 13. The number of nitrogens with zero attached hydrogens (tertiary/aromatic N) is 5. The van der Waals surface area contributed by atoms with Crippen LogP contribution in [0.4, 0.5) is 14.4 Å². The summed E-state index contributed by atoms with van der Waals surface area (Å²) in [6, 6.07) is 6.39. The molecule has 3 aliphatic rings. The molecule has 3 aliphatic heterocycles. The Labute approximate surface area is 383 Å². The largest absolute Gasteiger partial charge is 0.458 e. The van der Waals surface area contributed by atoms with Gasteiger partial charge in [-0.1, -0.05) is 44.2 Å². The number of ether oxygens (including phenoxy) is 5. The van der Waals surface area contributed by atoms with Crippen LogP contribution in [0.1, 0.15) is 87.0 Å². The number of hydrogen-bond acceptors (Lipinski definition) is 15. The molecule has 5 rings (SSSR count). The van der Waals surface area contributed by atoms with Crippen LogP contribution in [0, 0.1) is 17.8 Å². The number of nitrogens with one attached hydrogen (secondary N) is 1. The monoisotopic (exact) mass is 920 g/mol. The standard InChI is InChI=1S/C45H71N7O9.CH3FS/c1-12-19-45(57-11)24-27(3)25-47-31(7)39-44(8,61-43(56)52(39)21-15-14-20-51-26-34(48-49-51)32-17-16-18-33(46)23-32)36(13-2)59-41(55)30(6)37(53)29(5)40(45)60-42-38(54)35(50(9)10)22-28(4)58-42;1-3-2/h12,16-18,23,26-31,35-36,38-40,42,47,54H,1,13-15,19-22,24-25,46H2,2-11H3;1H3/t27-,28-,29+,30-,31-,35?,36-,38?,39-,40-,42+,44-,45-;/m1./s1. The number of nitrogen functional groups attached to an aromatic ring is 1. The zero-order valence-electron chi connectivity index (χ0n) is 39.7. The number of halogens is 1. The summed E-state index contributed by atoms with van der Waals surface area (Å²) in [6.07, 6.45) is 3.39. The first-order valence-corrected chi connectivity index (χ1v) is 23.6. The highest BCUT2D eigenvalue weighted by Crippen LogP contribution is 2.41. The number of benzene rings is 1. The average molecular weight is 920 g/mol. The highest BCUT2D eigenvalue weighted by molar-refractivity contribution is 7.93. The normalized spacial score (nSPS) is 34.2. The van der Waals surface area contributed by atoms with E-state index in [9.17, 15) is 23.4 Å². The maximum atomic E-state index is 14.6. The van der Waals surface area contributed by atoms with E-state index >= 15 is 0 Å². The van der Waals surface area contributed by atoms with Gasteiger partial charge in [-0.05, 0) is 105 Å². The van der Waals surface area contributed by atoms with Gasteiger partial charge in [-0.25, -0.2) is 4.79 Å². The van der Waals surface area contributed by atoms with Crippen LogP contribution in [0.25, 0.3) is 11.3 Å². The Hall–Kier alpha value is -3.65. The van der Waals surface area contributed by atoms with E-state index in [4.69, 9.17) is 29.4 Å². The summed E-state index contributed by atoms with van der Waals surface area (Å²) in [7, 11) is 5.39. The number of nitrogens with two attached hydrogens (primary N) is 1. The van der Waals surface area contributed by atoms with Crippen LogP contribution >= 0.6 is 12.1 Å². The minimum absolute atomic E-state index is 0.0542. The fourth-order valence-corrected chi connectivity index (χ4v) is 9.78. The summed E-state index contributed by atoms with van der Waals surface area (Å²) in [5, 5.41) is 23.9. The fraction of sp³-hybridized carbons (Fsp3) is 0.717. The molecule has 0 radical (unpaired) electrons. The van der Waals surface area contributed by atoms with Crippen molar-refractivity contribution in [3.63, 3.8) is 0 Å². The molecule has 0 spiro atoms. The number of fused-ring (bicyclic) bond motifs is 1. The van der Waals surface area contributed by atoms with Crippen molar-refractivity contribution < 1.29 is 47.1 Å². The molecule has 360 valence electrons. The number of amides is 1. The first kappa shape index (κ1) is 53.0. The van der Waals surface area contributed by atoms with Gasteiger partial charge in [0.2, 0.25) is 0 Å². The SMILES string of the molecule is C=CC[C@@]1(OC)C[C@@H](C)CN[C@H](C)[C@H]2N(CCCCn3cc(-c4cccc(N)c4)nn3)C(=O)O[C@]2(C)[C@@H](CC)OC(=O)[C@H](C)C(=O)[C@H](C)[C@H]1O[C@@H]1O[C@H](C)CC(N(C)C)C1O.CSF. The number of methoxy groups -OCH3 is 1. The van der Waals surface area contributed by atoms with Gasteiger partial charge in [-0.2, -0.15) is 3.89 Å². The van der Waals surface area contributed by atoms with E-state index in [1.165, 1.54) is 13.2 Å². The smallest absolute Gasteiger partial charge is 0.410 e. The van der Waals surface area contributed by atoms with Gasteiger partial charge in [0.25, 0.3) is 0 Å². The third kappa shape index (κ3) is 12.4. The Morgan fingerprint density at radius 1 is 1.16 bits per heavy atom. The second-order valence-electron chi connectivity index (χ2n) is 18.2. The molecule has 13 atom stereocenters. The molecule has 16 nitrogen and oxygen atoms in total. The lowest BCUT2D eigenvalue weighted by molar-refractivity contribution is -0.297. The van der Waals surface area contributed by atoms with Crippen molar-refractivity contribution in [3.05, 3.63) is 43.1 Å². The molecule has 3 fully saturated rings. The first-order chi connectivity index (χ1) is 30.3. The van der Waals surface area contributed by atoms with Crippen LogP contribution in [0.3, 0.4) is 0 Å². The van der Waals surface area contributed by atoms with Crippen LogP contribution in [0.2, 0.25) is 0 Å². The molecule has 1 aromatic carbocycles. The Bertz CT molecular complexity index is 1840. The number of carbonyl (C=O) groups excluding carboxylic acids is 3. The number of carbonyl (C=O) groups is 3. The van der Waals surface area contributed by atoms with Gasteiger partial charge >= 0.3 is 12.1 Å². The Kier molecular flexibility index (Phi) is 19.6. The molecule has 3 saturated heterocycles. The van der Waals surface area contributed by atoms with Crippen LogP contribution in [0.5, 0.6) is 0 Å². The molecule has 18 heteroatoms. The fourth-order valence-electron chi connectivity index (χ4n) is 9.78. The van der Waals surface area contributed by atoms with Crippen molar-refractivity contribution in [3.8, 4) is 11.3 Å². The molecule has 0 aliphatic carbocycles. The van der Waals surface area contributed by atoms with Crippen molar-refractivity contribution in [1.29, 1.82) is 0 Å². The zero-order chi connectivity index (χ0) is 47.5. The van der Waals surface area contributed by atoms with Gasteiger partial charge in [0, 0.05) is 67.9 Å². The van der Waals surface area contributed by atoms with Gasteiger partial charge < -0.3 is 44.7 Å². The van der Waals surface area contributed by atoms with Crippen molar-refractivity contribution in [2.75, 3.05) is 46.3 Å². The van der Waals surface area contributed by atoms with Crippen LogP contribution in [-0.4, -0.2) is 148 Å². The number of cyclic esters (lactones) is 1. The number of likely N-dealkylation sites (N-methyl/N-ethyl adjacent to an activating group) is 1. The molecule has 0 saturated carbocycles. The lowest BCUT2D eigenvalue weighted by Crippen LogP contribution is -2.61. The summed E-state index contributed by atoms with van der Waals surface area (Å²) in [5.41, 5.74) is 5.87. The van der Waals surface area contributed by atoms with E-state index in [2.05, 4.69) is 29.1 Å². The van der Waals surface area contributed by atoms with Gasteiger partial charge in [-0.15, -0.1) is 11.7 Å². The minimum atomic E-state index is -1.25. The van der Waals surface area contributed by atoms with Crippen molar-refractivity contribution in [2.45, 2.75) is 154 Å². The summed E-state index contributed by atoms with van der Waals surface area (Å²) >= 11 is 0.250. The predicted molar refractivity (Wildman–Crippen MR) is 246 cm³/mol. The number of ketones is 1. The van der Waals surface area contributed by atoms with Crippen LogP contribution in [0.15, 0.2) is 43.1 Å². The van der Waals surface area contributed by atoms with Gasteiger partial charge in [-0.3, -0.25) is 19.2 Å². The van der Waals surface area contributed by atoms with E-state index in [-0.39, 0.29) is 36.3 Å². The number of aryl methyl sites for hydroxylation is 1. The van der Waals surface area contributed by atoms with E-state index in [1.54, 1.807) is 29.7 Å². The number of hydrogen-bond donors (Lipinski definition) is 3. The van der Waals surface area contributed by atoms with Crippen molar-refractivity contribution >= 4 is 35.7 Å². The van der Waals surface area contributed by atoms with Gasteiger partial charge in [0.1, 0.15) is 23.8 Å². The summed E-state index contributed by atoms with van der Waals surface area (Å²) in [5.74, 6) is -3.30. The first-order valence-electron chi connectivity index (χ1n) is 22.5. The predicted octanol–water partition coefficient (Wildman–Crippen LogP) is 6.07. The van der Waals surface area contributed by atoms with E-state index in [0.29, 0.717) is 63.8 Å². The van der Waals surface area contributed by atoms with Gasteiger partial charge in [0.05, 0.1) is 30.0 Å². The number of aliphatic hydroxyl groups excluding tert-OH is 1. The molecule has 0 bridgehead atoms. The molecular formula is C46H74FN7O9S. The Morgan fingerprint density at radius 3 is 2.47 bits per heavy atom. The Morgan fingerprint density at radius 2 is 1.84 bits per heavy atom.